The number of hydrogen-bond acceptors (Lipinski definition) is 4. The van der Waals surface area contributed by atoms with E-state index in [1.807, 2.05) is 18.2 Å². The van der Waals surface area contributed by atoms with E-state index in [0.717, 1.165) is 49.3 Å². The predicted molar refractivity (Wildman–Crippen MR) is 112 cm³/mol. The lowest BCUT2D eigenvalue weighted by atomic mass is 10.1. The van der Waals surface area contributed by atoms with Gasteiger partial charge in [0.05, 0.1) is 4.90 Å². The summed E-state index contributed by atoms with van der Waals surface area (Å²) in [6.45, 7) is 8.73. The van der Waals surface area contributed by atoms with Crippen molar-refractivity contribution in [2.75, 3.05) is 32.7 Å². The van der Waals surface area contributed by atoms with Crippen LogP contribution < -0.4 is 4.72 Å². The molecule has 0 aromatic heterocycles. The number of nitrogens with one attached hydrogen (secondary N) is 1. The van der Waals surface area contributed by atoms with Crippen molar-refractivity contribution in [2.24, 2.45) is 0 Å². The van der Waals surface area contributed by atoms with E-state index in [4.69, 9.17) is 0 Å². The Morgan fingerprint density at radius 2 is 1.52 bits per heavy atom. The lowest BCUT2D eigenvalue weighted by molar-refractivity contribution is 0.131. The highest BCUT2D eigenvalue weighted by Gasteiger charge is 2.18. The topological polar surface area (TPSA) is 52.6 Å². The maximum absolute atomic E-state index is 12.5. The number of nitrogens with zero attached hydrogens (tertiary/aromatic N) is 2. The van der Waals surface area contributed by atoms with Gasteiger partial charge in [-0.15, -0.1) is 0 Å². The zero-order valence-electron chi connectivity index (χ0n) is 15.6. The van der Waals surface area contributed by atoms with Crippen LogP contribution in [0.15, 0.2) is 57.9 Å². The van der Waals surface area contributed by atoms with Crippen molar-refractivity contribution in [2.45, 2.75) is 24.9 Å². The Morgan fingerprint density at radius 1 is 0.926 bits per heavy atom. The summed E-state index contributed by atoms with van der Waals surface area (Å²) in [7, 11) is -3.53. The summed E-state index contributed by atoms with van der Waals surface area (Å²) in [6.07, 6.45) is 0. The van der Waals surface area contributed by atoms with Gasteiger partial charge in [-0.1, -0.05) is 47.1 Å². The smallest absolute Gasteiger partial charge is 0.240 e. The highest BCUT2D eigenvalue weighted by molar-refractivity contribution is 9.10. The molecule has 1 aliphatic heterocycles. The molecule has 1 aliphatic rings. The van der Waals surface area contributed by atoms with Crippen molar-refractivity contribution >= 4 is 26.0 Å². The third-order valence-electron chi connectivity index (χ3n) is 5.00. The second kappa shape index (κ2) is 9.30. The molecule has 0 spiro atoms. The minimum atomic E-state index is -3.53. The average molecular weight is 452 g/mol. The largest absolute Gasteiger partial charge is 0.301 e. The maximum atomic E-state index is 12.5. The first-order chi connectivity index (χ1) is 13.0. The van der Waals surface area contributed by atoms with Crippen LogP contribution in [-0.2, 0) is 23.1 Å². The molecule has 3 rings (SSSR count). The fourth-order valence-electron chi connectivity index (χ4n) is 3.26. The summed E-state index contributed by atoms with van der Waals surface area (Å²) in [4.78, 5) is 5.17. The van der Waals surface area contributed by atoms with E-state index in [9.17, 15) is 8.42 Å². The van der Waals surface area contributed by atoms with Crippen LogP contribution in [-0.4, -0.2) is 50.9 Å². The fourth-order valence-corrected chi connectivity index (χ4v) is 4.53. The molecular weight excluding hydrogens is 426 g/mol. The molecule has 1 saturated heterocycles. The lowest BCUT2D eigenvalue weighted by Gasteiger charge is -2.34. The van der Waals surface area contributed by atoms with Gasteiger partial charge in [-0.05, 0) is 41.9 Å². The Morgan fingerprint density at radius 3 is 2.15 bits per heavy atom. The van der Waals surface area contributed by atoms with Crippen molar-refractivity contribution in [1.29, 1.82) is 0 Å². The Labute approximate surface area is 170 Å². The normalized spacial score (nSPS) is 16.5. The molecule has 146 valence electrons. The second-order valence-corrected chi connectivity index (χ2v) is 9.44. The molecule has 1 fully saturated rings. The summed E-state index contributed by atoms with van der Waals surface area (Å²) in [5.74, 6) is 0. The highest BCUT2D eigenvalue weighted by Crippen LogP contribution is 2.17. The summed E-state index contributed by atoms with van der Waals surface area (Å²) < 4.78 is 28.7. The van der Waals surface area contributed by atoms with Crippen LogP contribution in [0.3, 0.4) is 0 Å². The molecule has 0 radical (unpaired) electrons. The van der Waals surface area contributed by atoms with E-state index in [-0.39, 0.29) is 4.90 Å². The van der Waals surface area contributed by atoms with Crippen molar-refractivity contribution in [3.8, 4) is 0 Å². The zero-order valence-corrected chi connectivity index (χ0v) is 18.0. The molecule has 0 aliphatic carbocycles. The summed E-state index contributed by atoms with van der Waals surface area (Å²) in [6, 6.07) is 14.7. The molecule has 0 bridgehead atoms. The van der Waals surface area contributed by atoms with Gasteiger partial charge in [0.2, 0.25) is 10.0 Å². The fraction of sp³-hybridized carbons (Fsp3) is 0.400. The van der Waals surface area contributed by atoms with Gasteiger partial charge in [0.25, 0.3) is 0 Å². The summed E-state index contributed by atoms with van der Waals surface area (Å²) in [5, 5.41) is 0. The Bertz CT molecular complexity index is 848. The van der Waals surface area contributed by atoms with Crippen LogP contribution in [0.2, 0.25) is 0 Å². The van der Waals surface area contributed by atoms with E-state index in [1.54, 1.807) is 24.3 Å². The van der Waals surface area contributed by atoms with Crippen LogP contribution >= 0.6 is 15.9 Å². The maximum Gasteiger partial charge on any atom is 0.240 e. The second-order valence-electron chi connectivity index (χ2n) is 6.76. The van der Waals surface area contributed by atoms with Crippen LogP contribution in [0, 0.1) is 0 Å². The van der Waals surface area contributed by atoms with E-state index < -0.39 is 10.0 Å². The molecule has 5 nitrogen and oxygen atoms in total. The molecule has 7 heteroatoms. The monoisotopic (exact) mass is 451 g/mol. The molecule has 1 heterocycles. The first-order valence-electron chi connectivity index (χ1n) is 9.24. The Balaban J connectivity index is 1.65. The third-order valence-corrected chi connectivity index (χ3v) is 6.95. The highest BCUT2D eigenvalue weighted by atomic mass is 79.9. The number of rotatable bonds is 7. The van der Waals surface area contributed by atoms with Crippen molar-refractivity contribution < 1.29 is 8.42 Å². The zero-order chi connectivity index (χ0) is 19.3. The number of benzene rings is 2. The molecule has 0 amide bonds. The minimum Gasteiger partial charge on any atom is -0.301 e. The number of halogens is 1. The molecule has 1 N–H and O–H groups in total. The van der Waals surface area contributed by atoms with Gasteiger partial charge in [-0.25, -0.2) is 13.1 Å². The van der Waals surface area contributed by atoms with Crippen LogP contribution in [0.25, 0.3) is 0 Å². The van der Waals surface area contributed by atoms with Crippen LogP contribution in [0.5, 0.6) is 0 Å². The quantitative estimate of drug-likeness (QED) is 0.702. The summed E-state index contributed by atoms with van der Waals surface area (Å²) >= 11 is 3.33. The van der Waals surface area contributed by atoms with E-state index >= 15 is 0 Å². The standard InChI is InChI=1S/C20H26BrN3O2S/c1-2-23-11-13-24(14-12-23)16-18-6-4-3-5-17(18)15-22-27(25,26)20-9-7-19(21)8-10-20/h3-10,22H,2,11-16H2,1H3. The summed E-state index contributed by atoms with van der Waals surface area (Å²) in [5.41, 5.74) is 2.21. The van der Waals surface area contributed by atoms with E-state index in [0.29, 0.717) is 6.54 Å². The van der Waals surface area contributed by atoms with Crippen molar-refractivity contribution in [1.82, 2.24) is 14.5 Å². The van der Waals surface area contributed by atoms with Gasteiger partial charge < -0.3 is 4.90 Å². The number of sulfonamides is 1. The van der Waals surface area contributed by atoms with Crippen molar-refractivity contribution in [3.63, 3.8) is 0 Å². The third kappa shape index (κ3) is 5.62. The predicted octanol–water partition coefficient (Wildman–Crippen LogP) is 3.07. The van der Waals surface area contributed by atoms with Gasteiger partial charge in [0, 0.05) is 43.7 Å². The molecule has 2 aromatic carbocycles. The average Bonchev–Trinajstić information content (AvgIpc) is 2.68. The SMILES string of the molecule is CCN1CCN(Cc2ccccc2CNS(=O)(=O)c2ccc(Br)cc2)CC1. The van der Waals surface area contributed by atoms with Gasteiger partial charge in [0.15, 0.2) is 0 Å². The van der Waals surface area contributed by atoms with Crippen molar-refractivity contribution in [3.05, 3.63) is 64.1 Å². The minimum absolute atomic E-state index is 0.277. The number of hydrogen-bond donors (Lipinski definition) is 1. The van der Waals surface area contributed by atoms with Crippen LogP contribution in [0.1, 0.15) is 18.1 Å². The first kappa shape index (κ1) is 20.5. The molecule has 0 saturated carbocycles. The molecule has 27 heavy (non-hydrogen) atoms. The first-order valence-corrected chi connectivity index (χ1v) is 11.5. The number of likely N-dealkylation sites (N-methyl/N-ethyl adjacent to an activating group) is 1. The van der Waals surface area contributed by atoms with E-state index in [2.05, 4.69) is 43.4 Å². The molecular formula is C20H26BrN3O2S. The van der Waals surface area contributed by atoms with Gasteiger partial charge in [-0.3, -0.25) is 4.90 Å². The van der Waals surface area contributed by atoms with Gasteiger partial charge in [-0.2, -0.15) is 0 Å². The number of piperazine rings is 1. The lowest BCUT2D eigenvalue weighted by Crippen LogP contribution is -2.45. The van der Waals surface area contributed by atoms with Gasteiger partial charge >= 0.3 is 0 Å². The molecule has 0 unspecified atom stereocenters. The molecule has 0 atom stereocenters. The van der Waals surface area contributed by atoms with Gasteiger partial charge in [0.1, 0.15) is 0 Å². The Kier molecular flexibility index (Phi) is 7.05. The molecule has 2 aromatic rings. The van der Waals surface area contributed by atoms with Crippen LogP contribution in [0.4, 0.5) is 0 Å². The Hall–Kier alpha value is -1.25. The van der Waals surface area contributed by atoms with E-state index in [1.165, 1.54) is 5.56 Å².